The Labute approximate surface area is 126 Å². The first-order valence-electron chi connectivity index (χ1n) is 7.08. The van der Waals surface area contributed by atoms with Crippen LogP contribution in [-0.2, 0) is 4.79 Å². The maximum absolute atomic E-state index is 12.2. The number of aliphatic hydroxyl groups excluding tert-OH is 1. The van der Waals surface area contributed by atoms with E-state index in [1.54, 1.807) is 11.8 Å². The van der Waals surface area contributed by atoms with E-state index in [4.69, 9.17) is 5.11 Å². The summed E-state index contributed by atoms with van der Waals surface area (Å²) in [5.41, 5.74) is 2.05. The van der Waals surface area contributed by atoms with Gasteiger partial charge in [-0.2, -0.15) is 0 Å². The van der Waals surface area contributed by atoms with Gasteiger partial charge >= 0.3 is 0 Å². The van der Waals surface area contributed by atoms with E-state index in [1.807, 2.05) is 38.1 Å². The van der Waals surface area contributed by atoms with Crippen LogP contribution < -0.4 is 5.32 Å². The monoisotopic (exact) mass is 295 g/mol. The van der Waals surface area contributed by atoms with Crippen LogP contribution in [-0.4, -0.2) is 28.6 Å². The number of hydrogen-bond donors (Lipinski definition) is 2. The van der Waals surface area contributed by atoms with Crippen LogP contribution >= 0.6 is 11.8 Å². The summed E-state index contributed by atoms with van der Waals surface area (Å²) in [5, 5.41) is 11.9. The number of amides is 1. The maximum atomic E-state index is 12.2. The van der Waals surface area contributed by atoms with Gasteiger partial charge in [0.05, 0.1) is 5.25 Å². The molecular formula is C16H25NO2S. The van der Waals surface area contributed by atoms with Gasteiger partial charge in [0.15, 0.2) is 0 Å². The smallest absolute Gasteiger partial charge is 0.237 e. The molecule has 112 valence electrons. The number of aliphatic hydroxyl groups is 1. The molecule has 0 aliphatic rings. The molecule has 4 heteroatoms. The molecule has 0 radical (unpaired) electrons. The Kier molecular flexibility index (Phi) is 7.10. The van der Waals surface area contributed by atoms with Gasteiger partial charge in [-0.1, -0.05) is 39.0 Å². The van der Waals surface area contributed by atoms with Crippen molar-refractivity contribution in [2.45, 2.75) is 38.9 Å². The van der Waals surface area contributed by atoms with Crippen LogP contribution in [0, 0.1) is 5.92 Å². The summed E-state index contributed by atoms with van der Waals surface area (Å²) in [4.78, 5) is 12.2. The van der Waals surface area contributed by atoms with Gasteiger partial charge in [-0.25, -0.2) is 0 Å². The highest BCUT2D eigenvalue weighted by molar-refractivity contribution is 8.00. The maximum Gasteiger partial charge on any atom is 0.237 e. The molecule has 2 unspecified atom stereocenters. The molecule has 1 amide bonds. The molecule has 3 nitrogen and oxygen atoms in total. The lowest BCUT2D eigenvalue weighted by Gasteiger charge is -2.17. The van der Waals surface area contributed by atoms with E-state index in [1.165, 1.54) is 0 Å². The van der Waals surface area contributed by atoms with Gasteiger partial charge in [-0.3, -0.25) is 4.79 Å². The molecule has 1 rings (SSSR count). The molecule has 0 aromatic heterocycles. The minimum absolute atomic E-state index is 0.0215. The van der Waals surface area contributed by atoms with Crippen LogP contribution in [0.25, 0.3) is 0 Å². The standard InChI is InChI=1S/C16H25NO2S/c1-11(2)14-7-5-6-8-15(14)17-16(19)13(4)20-10-12(3)9-18/h5-8,11-13,18H,9-10H2,1-4H3,(H,17,19). The highest BCUT2D eigenvalue weighted by atomic mass is 32.2. The Morgan fingerprint density at radius 2 is 1.90 bits per heavy atom. The summed E-state index contributed by atoms with van der Waals surface area (Å²) >= 11 is 1.58. The van der Waals surface area contributed by atoms with E-state index in [-0.39, 0.29) is 23.7 Å². The molecule has 0 bridgehead atoms. The molecule has 0 aliphatic carbocycles. The summed E-state index contributed by atoms with van der Waals surface area (Å²) < 4.78 is 0. The summed E-state index contributed by atoms with van der Waals surface area (Å²) in [6.07, 6.45) is 0. The minimum Gasteiger partial charge on any atom is -0.396 e. The second-order valence-corrected chi connectivity index (χ2v) is 6.87. The average Bonchev–Trinajstić information content (AvgIpc) is 2.44. The summed E-state index contributed by atoms with van der Waals surface area (Å²) in [6.45, 7) is 8.28. The number of para-hydroxylation sites is 1. The molecule has 1 aromatic carbocycles. The number of nitrogens with one attached hydrogen (secondary N) is 1. The molecule has 0 aliphatic heterocycles. The highest BCUT2D eigenvalue weighted by Gasteiger charge is 2.16. The number of carbonyl (C=O) groups is 1. The third-order valence-electron chi connectivity index (χ3n) is 3.15. The largest absolute Gasteiger partial charge is 0.396 e. The molecule has 0 fully saturated rings. The third kappa shape index (κ3) is 5.17. The zero-order chi connectivity index (χ0) is 15.1. The highest BCUT2D eigenvalue weighted by Crippen LogP contribution is 2.25. The zero-order valence-electron chi connectivity index (χ0n) is 12.7. The Bertz CT molecular complexity index is 434. The molecule has 0 saturated heterocycles. The Morgan fingerprint density at radius 1 is 1.25 bits per heavy atom. The predicted molar refractivity (Wildman–Crippen MR) is 87.3 cm³/mol. The van der Waals surface area contributed by atoms with Crippen molar-refractivity contribution in [1.29, 1.82) is 0 Å². The van der Waals surface area contributed by atoms with Gasteiger partial charge in [-0.05, 0) is 36.1 Å². The normalized spacial score (nSPS) is 14.1. The van der Waals surface area contributed by atoms with Gasteiger partial charge in [0, 0.05) is 12.3 Å². The Morgan fingerprint density at radius 3 is 2.50 bits per heavy atom. The van der Waals surface area contributed by atoms with Crippen molar-refractivity contribution in [2.24, 2.45) is 5.92 Å². The van der Waals surface area contributed by atoms with Gasteiger partial charge in [0.2, 0.25) is 5.91 Å². The number of hydrogen-bond acceptors (Lipinski definition) is 3. The second kappa shape index (κ2) is 8.32. The van der Waals surface area contributed by atoms with E-state index < -0.39 is 0 Å². The summed E-state index contributed by atoms with van der Waals surface area (Å²) in [6, 6.07) is 7.92. The molecule has 2 atom stereocenters. The number of benzene rings is 1. The lowest BCUT2D eigenvalue weighted by Crippen LogP contribution is -2.24. The summed E-state index contributed by atoms with van der Waals surface area (Å²) in [5.74, 6) is 1.41. The van der Waals surface area contributed by atoms with Crippen molar-refractivity contribution in [2.75, 3.05) is 17.7 Å². The fourth-order valence-corrected chi connectivity index (χ4v) is 2.72. The van der Waals surface area contributed by atoms with E-state index in [9.17, 15) is 4.79 Å². The zero-order valence-corrected chi connectivity index (χ0v) is 13.5. The van der Waals surface area contributed by atoms with E-state index >= 15 is 0 Å². The number of anilines is 1. The average molecular weight is 295 g/mol. The first-order chi connectivity index (χ1) is 9.45. The second-order valence-electron chi connectivity index (χ2n) is 5.49. The van der Waals surface area contributed by atoms with Gasteiger partial charge in [0.25, 0.3) is 0 Å². The number of rotatable bonds is 7. The minimum atomic E-state index is -0.121. The van der Waals surface area contributed by atoms with E-state index in [0.29, 0.717) is 5.92 Å². The first kappa shape index (κ1) is 17.1. The van der Waals surface area contributed by atoms with Crippen molar-refractivity contribution in [1.82, 2.24) is 0 Å². The fraction of sp³-hybridized carbons (Fsp3) is 0.562. The Balaban J connectivity index is 2.62. The lowest BCUT2D eigenvalue weighted by molar-refractivity contribution is -0.115. The Hall–Kier alpha value is -1.00. The van der Waals surface area contributed by atoms with Crippen LogP contribution in [0.15, 0.2) is 24.3 Å². The third-order valence-corrected chi connectivity index (χ3v) is 4.63. The molecule has 0 saturated carbocycles. The van der Waals surface area contributed by atoms with E-state index in [2.05, 4.69) is 19.2 Å². The lowest BCUT2D eigenvalue weighted by atomic mass is 10.0. The van der Waals surface area contributed by atoms with Gasteiger partial charge in [0.1, 0.15) is 0 Å². The molecule has 20 heavy (non-hydrogen) atoms. The summed E-state index contributed by atoms with van der Waals surface area (Å²) in [7, 11) is 0. The van der Waals surface area contributed by atoms with Gasteiger partial charge < -0.3 is 10.4 Å². The topological polar surface area (TPSA) is 49.3 Å². The van der Waals surface area contributed by atoms with Crippen molar-refractivity contribution in [3.05, 3.63) is 29.8 Å². The molecule has 1 aromatic rings. The van der Waals surface area contributed by atoms with Crippen molar-refractivity contribution in [3.8, 4) is 0 Å². The number of thioether (sulfide) groups is 1. The molecule has 0 heterocycles. The van der Waals surface area contributed by atoms with Crippen molar-refractivity contribution < 1.29 is 9.90 Å². The molecule has 2 N–H and O–H groups in total. The van der Waals surface area contributed by atoms with Crippen LogP contribution in [0.3, 0.4) is 0 Å². The van der Waals surface area contributed by atoms with Crippen LogP contribution in [0.1, 0.15) is 39.2 Å². The predicted octanol–water partition coefficient (Wildman–Crippen LogP) is 3.50. The van der Waals surface area contributed by atoms with Crippen molar-refractivity contribution >= 4 is 23.4 Å². The SMILES string of the molecule is CC(CO)CSC(C)C(=O)Nc1ccccc1C(C)C. The van der Waals surface area contributed by atoms with Crippen LogP contribution in [0.5, 0.6) is 0 Å². The molecular weight excluding hydrogens is 270 g/mol. The molecule has 0 spiro atoms. The van der Waals surface area contributed by atoms with Crippen LogP contribution in [0.4, 0.5) is 5.69 Å². The first-order valence-corrected chi connectivity index (χ1v) is 8.12. The van der Waals surface area contributed by atoms with Crippen LogP contribution in [0.2, 0.25) is 0 Å². The van der Waals surface area contributed by atoms with Gasteiger partial charge in [-0.15, -0.1) is 11.8 Å². The number of carbonyl (C=O) groups excluding carboxylic acids is 1. The fourth-order valence-electron chi connectivity index (χ4n) is 1.79. The van der Waals surface area contributed by atoms with Crippen molar-refractivity contribution in [3.63, 3.8) is 0 Å². The van der Waals surface area contributed by atoms with E-state index in [0.717, 1.165) is 17.0 Å². The quantitative estimate of drug-likeness (QED) is 0.809.